The SMILES string of the molecule is CC(C)=CCOC(=O)[C@H](CC[C@H]1OC=C(C(=O)O)O1)NC(=O)OCC1c2ccccc2-c2ccccc21. The molecule has 0 saturated carbocycles. The number of fused-ring (bicyclic) bond motifs is 3. The van der Waals surface area contributed by atoms with Crippen molar-refractivity contribution in [2.45, 2.75) is 44.9 Å². The predicted octanol–water partition coefficient (Wildman–Crippen LogP) is 4.48. The summed E-state index contributed by atoms with van der Waals surface area (Å²) in [5.41, 5.74) is 5.35. The van der Waals surface area contributed by atoms with Gasteiger partial charge >= 0.3 is 18.0 Å². The quantitative estimate of drug-likeness (QED) is 0.357. The van der Waals surface area contributed by atoms with E-state index >= 15 is 0 Å². The van der Waals surface area contributed by atoms with E-state index in [4.69, 9.17) is 24.1 Å². The number of alkyl carbamates (subject to hydrolysis) is 1. The molecule has 1 aliphatic carbocycles. The molecule has 194 valence electrons. The number of amides is 1. The normalized spacial score (nSPS) is 16.3. The van der Waals surface area contributed by atoms with E-state index in [1.807, 2.05) is 62.4 Å². The van der Waals surface area contributed by atoms with Gasteiger partial charge in [-0.25, -0.2) is 14.4 Å². The molecule has 2 N–H and O–H groups in total. The fourth-order valence-electron chi connectivity index (χ4n) is 4.29. The molecule has 1 aliphatic heterocycles. The standard InChI is InChI=1S/C28H29NO8/c1-17(2)13-14-34-27(32)23(11-12-25-35-16-24(37-25)26(30)31)29-28(33)36-15-22-20-9-5-3-7-18(20)19-8-4-6-10-21(19)22/h3-10,13,16,22-23,25H,11-12,14-15H2,1-2H3,(H,29,33)(H,30,31)/t23-,25-/m0/s1. The second-order valence-corrected chi connectivity index (χ2v) is 8.98. The lowest BCUT2D eigenvalue weighted by atomic mass is 9.98. The number of nitrogens with one attached hydrogen (secondary N) is 1. The maximum Gasteiger partial charge on any atom is 0.407 e. The molecule has 37 heavy (non-hydrogen) atoms. The topological polar surface area (TPSA) is 120 Å². The summed E-state index contributed by atoms with van der Waals surface area (Å²) in [6.45, 7) is 3.91. The summed E-state index contributed by atoms with van der Waals surface area (Å²) in [6, 6.07) is 14.9. The molecule has 0 saturated heterocycles. The van der Waals surface area contributed by atoms with Crippen LogP contribution in [0.3, 0.4) is 0 Å². The van der Waals surface area contributed by atoms with E-state index in [0.29, 0.717) is 0 Å². The first kappa shape index (κ1) is 25.8. The minimum Gasteiger partial charge on any atom is -0.475 e. The van der Waals surface area contributed by atoms with Gasteiger partial charge in [-0.15, -0.1) is 0 Å². The molecule has 1 heterocycles. The number of rotatable bonds is 10. The molecule has 9 nitrogen and oxygen atoms in total. The van der Waals surface area contributed by atoms with Gasteiger partial charge in [0.1, 0.15) is 25.5 Å². The third-order valence-corrected chi connectivity index (χ3v) is 6.12. The van der Waals surface area contributed by atoms with Crippen molar-refractivity contribution in [1.82, 2.24) is 5.32 Å². The molecule has 2 aliphatic rings. The Balaban J connectivity index is 1.37. The molecule has 9 heteroatoms. The third-order valence-electron chi connectivity index (χ3n) is 6.12. The van der Waals surface area contributed by atoms with Gasteiger partial charge in [-0.1, -0.05) is 54.1 Å². The molecule has 0 unspecified atom stereocenters. The van der Waals surface area contributed by atoms with Gasteiger partial charge in [-0.3, -0.25) is 0 Å². The number of allylic oxidation sites excluding steroid dienone is 1. The average molecular weight is 508 g/mol. The summed E-state index contributed by atoms with van der Waals surface area (Å²) < 4.78 is 21.2. The van der Waals surface area contributed by atoms with Crippen LogP contribution < -0.4 is 5.32 Å². The smallest absolute Gasteiger partial charge is 0.407 e. The molecule has 4 rings (SSSR count). The highest BCUT2D eigenvalue weighted by molar-refractivity contribution is 5.84. The van der Waals surface area contributed by atoms with Gasteiger partial charge in [-0.05, 0) is 48.6 Å². The number of carbonyl (C=O) groups is 3. The van der Waals surface area contributed by atoms with Gasteiger partial charge < -0.3 is 29.4 Å². The van der Waals surface area contributed by atoms with Crippen molar-refractivity contribution >= 4 is 18.0 Å². The van der Waals surface area contributed by atoms with Crippen molar-refractivity contribution < 1.29 is 38.4 Å². The van der Waals surface area contributed by atoms with E-state index < -0.39 is 30.4 Å². The zero-order valence-electron chi connectivity index (χ0n) is 20.6. The van der Waals surface area contributed by atoms with E-state index in [9.17, 15) is 14.4 Å². The maximum atomic E-state index is 12.8. The van der Waals surface area contributed by atoms with Crippen molar-refractivity contribution in [2.24, 2.45) is 0 Å². The summed E-state index contributed by atoms with van der Waals surface area (Å²) in [4.78, 5) is 36.5. The lowest BCUT2D eigenvalue weighted by molar-refractivity contribution is -0.146. The van der Waals surface area contributed by atoms with Crippen LogP contribution in [-0.2, 0) is 28.5 Å². The zero-order valence-corrected chi connectivity index (χ0v) is 20.6. The first-order chi connectivity index (χ1) is 17.8. The monoisotopic (exact) mass is 507 g/mol. The fourth-order valence-corrected chi connectivity index (χ4v) is 4.29. The molecule has 0 bridgehead atoms. The van der Waals surface area contributed by atoms with Gasteiger partial charge in [0.15, 0.2) is 0 Å². The Labute approximate surface area is 214 Å². The number of carboxylic acid groups (broad SMARTS) is 1. The van der Waals surface area contributed by atoms with Crippen molar-refractivity contribution in [3.63, 3.8) is 0 Å². The number of esters is 1. The molecular weight excluding hydrogens is 478 g/mol. The number of aliphatic carboxylic acids is 1. The summed E-state index contributed by atoms with van der Waals surface area (Å²) >= 11 is 0. The number of carboxylic acids is 1. The van der Waals surface area contributed by atoms with E-state index in [1.165, 1.54) is 0 Å². The molecule has 0 aromatic heterocycles. The Kier molecular flexibility index (Phi) is 8.12. The summed E-state index contributed by atoms with van der Waals surface area (Å²) in [7, 11) is 0. The fraction of sp³-hybridized carbons (Fsp3) is 0.321. The Morgan fingerprint density at radius 1 is 1.03 bits per heavy atom. The number of hydrogen-bond donors (Lipinski definition) is 2. The van der Waals surface area contributed by atoms with Crippen LogP contribution in [-0.4, -0.2) is 48.7 Å². The van der Waals surface area contributed by atoms with Crippen LogP contribution in [0.2, 0.25) is 0 Å². The van der Waals surface area contributed by atoms with Gasteiger partial charge in [0.05, 0.1) is 0 Å². The van der Waals surface area contributed by atoms with E-state index in [0.717, 1.165) is 34.1 Å². The lowest BCUT2D eigenvalue weighted by Gasteiger charge is -2.20. The van der Waals surface area contributed by atoms with Gasteiger partial charge in [0.2, 0.25) is 12.0 Å². The molecule has 0 spiro atoms. The van der Waals surface area contributed by atoms with Crippen LogP contribution in [0.1, 0.15) is 43.7 Å². The Hall–Kier alpha value is -4.27. The summed E-state index contributed by atoms with van der Waals surface area (Å²) in [5, 5.41) is 11.6. The zero-order chi connectivity index (χ0) is 26.4. The van der Waals surface area contributed by atoms with E-state index in [-0.39, 0.29) is 37.7 Å². The third kappa shape index (κ3) is 6.30. The van der Waals surface area contributed by atoms with Crippen molar-refractivity contribution in [1.29, 1.82) is 0 Å². The van der Waals surface area contributed by atoms with Crippen LogP contribution in [0.15, 0.2) is 72.2 Å². The summed E-state index contributed by atoms with van der Waals surface area (Å²) in [6.07, 6.45) is 1.33. The predicted molar refractivity (Wildman–Crippen MR) is 133 cm³/mol. The van der Waals surface area contributed by atoms with E-state index in [2.05, 4.69) is 5.32 Å². The number of ether oxygens (including phenoxy) is 4. The molecule has 1 amide bonds. The highest BCUT2D eigenvalue weighted by Gasteiger charge is 2.31. The second kappa shape index (κ2) is 11.6. The van der Waals surface area contributed by atoms with E-state index in [1.54, 1.807) is 6.08 Å². The number of carbonyl (C=O) groups excluding carboxylic acids is 2. The molecule has 0 radical (unpaired) electrons. The van der Waals surface area contributed by atoms with Crippen LogP contribution in [0.5, 0.6) is 0 Å². The molecule has 2 aromatic rings. The van der Waals surface area contributed by atoms with Crippen molar-refractivity contribution in [2.75, 3.05) is 13.2 Å². The van der Waals surface area contributed by atoms with Crippen LogP contribution in [0.4, 0.5) is 4.79 Å². The highest BCUT2D eigenvalue weighted by atomic mass is 16.7. The largest absolute Gasteiger partial charge is 0.475 e. The number of hydrogen-bond acceptors (Lipinski definition) is 7. The average Bonchev–Trinajstić information content (AvgIpc) is 3.48. The lowest BCUT2D eigenvalue weighted by Crippen LogP contribution is -2.43. The molecule has 2 atom stereocenters. The van der Waals surface area contributed by atoms with Crippen molar-refractivity contribution in [3.8, 4) is 11.1 Å². The second-order valence-electron chi connectivity index (χ2n) is 8.98. The molecule has 2 aromatic carbocycles. The Morgan fingerprint density at radius 2 is 1.68 bits per heavy atom. The first-order valence-electron chi connectivity index (χ1n) is 12.0. The van der Waals surface area contributed by atoms with Crippen LogP contribution in [0.25, 0.3) is 11.1 Å². The first-order valence-corrected chi connectivity index (χ1v) is 12.0. The maximum absolute atomic E-state index is 12.8. The highest BCUT2D eigenvalue weighted by Crippen LogP contribution is 2.44. The molecule has 0 fully saturated rings. The van der Waals surface area contributed by atoms with Crippen molar-refractivity contribution in [3.05, 3.63) is 83.3 Å². The Bertz CT molecular complexity index is 1180. The minimum absolute atomic E-state index is 0.0607. The summed E-state index contributed by atoms with van der Waals surface area (Å²) in [5.74, 6) is -2.34. The van der Waals surface area contributed by atoms with Gasteiger partial charge in [0.25, 0.3) is 0 Å². The molecular formula is C28H29NO8. The van der Waals surface area contributed by atoms with Gasteiger partial charge in [-0.2, -0.15) is 0 Å². The minimum atomic E-state index is -1.25. The van der Waals surface area contributed by atoms with Crippen LogP contribution >= 0.6 is 0 Å². The van der Waals surface area contributed by atoms with Crippen LogP contribution in [0, 0.1) is 0 Å². The Morgan fingerprint density at radius 3 is 2.27 bits per heavy atom. The number of benzene rings is 2. The van der Waals surface area contributed by atoms with Gasteiger partial charge in [0, 0.05) is 12.3 Å².